The van der Waals surface area contributed by atoms with E-state index in [1.54, 1.807) is 11.8 Å². The van der Waals surface area contributed by atoms with Gasteiger partial charge < -0.3 is 9.15 Å². The Labute approximate surface area is 85.5 Å². The molecule has 3 nitrogen and oxygen atoms in total. The van der Waals surface area contributed by atoms with E-state index in [1.807, 2.05) is 24.3 Å². The fraction of sp³-hybridized carbons (Fsp3) is 0.300. The lowest BCUT2D eigenvalue weighted by Crippen LogP contribution is -1.87. The highest BCUT2D eigenvalue weighted by molar-refractivity contribution is 7.99. The van der Waals surface area contributed by atoms with Crippen molar-refractivity contribution in [1.29, 1.82) is 0 Å². The number of aromatic nitrogens is 1. The van der Waals surface area contributed by atoms with Crippen molar-refractivity contribution in [2.75, 3.05) is 12.4 Å². The fourth-order valence-electron chi connectivity index (χ4n) is 1.24. The molecular formula is C10H9NO2S. The van der Waals surface area contributed by atoms with E-state index < -0.39 is 0 Å². The predicted molar refractivity (Wildman–Crippen MR) is 54.5 cm³/mol. The number of nitrogens with zero attached hydrogens (tertiary/aromatic N) is 1. The minimum absolute atomic E-state index is 0.412. The van der Waals surface area contributed by atoms with Gasteiger partial charge in [0.05, 0.1) is 12.7 Å². The summed E-state index contributed by atoms with van der Waals surface area (Å²) in [5.41, 5.74) is 1.78. The zero-order valence-corrected chi connectivity index (χ0v) is 8.29. The molecule has 1 atom stereocenters. The van der Waals surface area contributed by atoms with Crippen LogP contribution in [-0.4, -0.2) is 23.4 Å². The summed E-state index contributed by atoms with van der Waals surface area (Å²) in [4.78, 5) is 4.35. The van der Waals surface area contributed by atoms with E-state index in [-0.39, 0.29) is 0 Å². The Bertz CT molecular complexity index is 417. The maximum Gasteiger partial charge on any atom is 0.256 e. The van der Waals surface area contributed by atoms with Gasteiger partial charge in [-0.15, -0.1) is 0 Å². The second kappa shape index (κ2) is 3.29. The third kappa shape index (κ3) is 1.63. The average molecular weight is 207 g/mol. The molecule has 2 aromatic rings. The molecule has 0 amide bonds. The molecule has 0 spiro atoms. The molecule has 1 fully saturated rings. The summed E-state index contributed by atoms with van der Waals surface area (Å²) in [6.45, 7) is 0.882. The van der Waals surface area contributed by atoms with Gasteiger partial charge in [0.15, 0.2) is 5.58 Å². The van der Waals surface area contributed by atoms with Gasteiger partial charge in [-0.3, -0.25) is 0 Å². The highest BCUT2D eigenvalue weighted by atomic mass is 32.2. The molecule has 1 saturated heterocycles. The van der Waals surface area contributed by atoms with E-state index in [0.717, 1.165) is 28.7 Å². The van der Waals surface area contributed by atoms with E-state index in [2.05, 4.69) is 4.98 Å². The zero-order chi connectivity index (χ0) is 9.38. The number of ether oxygens (including phenoxy) is 1. The SMILES string of the molecule is c1ccc2oc(SCC3CO3)nc2c1. The van der Waals surface area contributed by atoms with Gasteiger partial charge >= 0.3 is 0 Å². The molecule has 2 heterocycles. The zero-order valence-electron chi connectivity index (χ0n) is 7.47. The number of para-hydroxylation sites is 2. The molecule has 3 rings (SSSR count). The van der Waals surface area contributed by atoms with Crippen molar-refractivity contribution in [3.8, 4) is 0 Å². The van der Waals surface area contributed by atoms with Crippen molar-refractivity contribution in [1.82, 2.24) is 4.98 Å². The Kier molecular flexibility index (Phi) is 1.96. The van der Waals surface area contributed by atoms with Crippen LogP contribution in [0.1, 0.15) is 0 Å². The van der Waals surface area contributed by atoms with Crippen molar-refractivity contribution in [2.24, 2.45) is 0 Å². The standard InChI is InChI=1S/C10H9NO2S/c1-2-4-9-8(3-1)11-10(13-9)14-6-7-5-12-7/h1-4,7H,5-6H2. The second-order valence-electron chi connectivity index (χ2n) is 3.21. The van der Waals surface area contributed by atoms with E-state index in [9.17, 15) is 0 Å². The first-order valence-corrected chi connectivity index (χ1v) is 5.50. The van der Waals surface area contributed by atoms with Crippen LogP contribution in [0.15, 0.2) is 33.9 Å². The number of benzene rings is 1. The predicted octanol–water partition coefficient (Wildman–Crippen LogP) is 2.32. The quantitative estimate of drug-likeness (QED) is 0.572. The van der Waals surface area contributed by atoms with Gasteiger partial charge in [0.1, 0.15) is 5.52 Å². The van der Waals surface area contributed by atoms with Crippen LogP contribution in [0.5, 0.6) is 0 Å². The van der Waals surface area contributed by atoms with Crippen LogP contribution in [0, 0.1) is 0 Å². The number of rotatable bonds is 3. The molecule has 4 heteroatoms. The summed E-state index contributed by atoms with van der Waals surface area (Å²) in [7, 11) is 0. The van der Waals surface area contributed by atoms with Gasteiger partial charge in [0.2, 0.25) is 0 Å². The molecule has 0 saturated carbocycles. The van der Waals surface area contributed by atoms with Gasteiger partial charge in [-0.05, 0) is 12.1 Å². The van der Waals surface area contributed by atoms with Gasteiger partial charge in [0, 0.05) is 5.75 Å². The van der Waals surface area contributed by atoms with E-state index in [1.165, 1.54) is 0 Å². The first kappa shape index (κ1) is 8.32. The molecule has 0 N–H and O–H groups in total. The summed E-state index contributed by atoms with van der Waals surface area (Å²) >= 11 is 1.61. The highest BCUT2D eigenvalue weighted by Crippen LogP contribution is 2.26. The number of thioether (sulfide) groups is 1. The van der Waals surface area contributed by atoms with Crippen molar-refractivity contribution in [3.05, 3.63) is 24.3 Å². The minimum atomic E-state index is 0.412. The summed E-state index contributed by atoms with van der Waals surface area (Å²) < 4.78 is 10.7. The van der Waals surface area contributed by atoms with Gasteiger partial charge in [0.25, 0.3) is 5.22 Å². The smallest absolute Gasteiger partial charge is 0.256 e. The second-order valence-corrected chi connectivity index (χ2v) is 4.19. The largest absolute Gasteiger partial charge is 0.431 e. The number of hydrogen-bond donors (Lipinski definition) is 0. The molecule has 1 aromatic heterocycles. The molecule has 72 valence electrons. The van der Waals surface area contributed by atoms with Crippen LogP contribution < -0.4 is 0 Å². The van der Waals surface area contributed by atoms with Crippen molar-refractivity contribution < 1.29 is 9.15 Å². The molecule has 1 aromatic carbocycles. The first-order chi connectivity index (χ1) is 6.92. The molecule has 1 aliphatic rings. The third-order valence-electron chi connectivity index (χ3n) is 2.07. The minimum Gasteiger partial charge on any atom is -0.431 e. The lowest BCUT2D eigenvalue weighted by molar-refractivity contribution is 0.424. The fourth-order valence-corrected chi connectivity index (χ4v) is 2.07. The normalized spacial score (nSPS) is 20.1. The third-order valence-corrected chi connectivity index (χ3v) is 3.03. The van der Waals surface area contributed by atoms with Gasteiger partial charge in [-0.2, -0.15) is 0 Å². The summed E-state index contributed by atoms with van der Waals surface area (Å²) in [5.74, 6) is 0.937. The van der Waals surface area contributed by atoms with Crippen LogP contribution in [0.4, 0.5) is 0 Å². The molecule has 0 radical (unpaired) electrons. The maximum atomic E-state index is 5.54. The summed E-state index contributed by atoms with van der Waals surface area (Å²) in [6.07, 6.45) is 0.412. The maximum absolute atomic E-state index is 5.54. The topological polar surface area (TPSA) is 38.6 Å². The Balaban J connectivity index is 1.82. The van der Waals surface area contributed by atoms with Crippen molar-refractivity contribution in [2.45, 2.75) is 11.3 Å². The average Bonchev–Trinajstić information content (AvgIpc) is 2.94. The first-order valence-electron chi connectivity index (χ1n) is 4.52. The molecule has 0 aliphatic carbocycles. The lowest BCUT2D eigenvalue weighted by Gasteiger charge is -1.88. The van der Waals surface area contributed by atoms with Crippen LogP contribution in [0.2, 0.25) is 0 Å². The van der Waals surface area contributed by atoms with E-state index in [4.69, 9.17) is 9.15 Å². The van der Waals surface area contributed by atoms with Crippen LogP contribution in [-0.2, 0) is 4.74 Å². The monoisotopic (exact) mass is 207 g/mol. The Morgan fingerprint density at radius 2 is 2.29 bits per heavy atom. The number of oxazole rings is 1. The van der Waals surface area contributed by atoms with Gasteiger partial charge in [-0.25, -0.2) is 4.98 Å². The lowest BCUT2D eigenvalue weighted by atomic mass is 10.3. The van der Waals surface area contributed by atoms with E-state index >= 15 is 0 Å². The van der Waals surface area contributed by atoms with Gasteiger partial charge in [-0.1, -0.05) is 23.9 Å². The number of epoxide rings is 1. The summed E-state index contributed by atoms with van der Waals surface area (Å²) in [6, 6.07) is 7.80. The van der Waals surface area contributed by atoms with Crippen molar-refractivity contribution >= 4 is 22.9 Å². The molecule has 14 heavy (non-hydrogen) atoms. The summed E-state index contributed by atoms with van der Waals surface area (Å²) in [5, 5.41) is 0.738. The molecule has 0 bridgehead atoms. The molecular weight excluding hydrogens is 198 g/mol. The van der Waals surface area contributed by atoms with Crippen LogP contribution in [0.3, 0.4) is 0 Å². The number of fused-ring (bicyclic) bond motifs is 1. The van der Waals surface area contributed by atoms with E-state index in [0.29, 0.717) is 6.10 Å². The Morgan fingerprint density at radius 3 is 3.07 bits per heavy atom. The Morgan fingerprint density at radius 1 is 1.43 bits per heavy atom. The molecule has 1 aliphatic heterocycles. The van der Waals surface area contributed by atoms with Crippen LogP contribution in [0.25, 0.3) is 11.1 Å². The number of hydrogen-bond acceptors (Lipinski definition) is 4. The Hall–Kier alpha value is -1.00. The van der Waals surface area contributed by atoms with Crippen molar-refractivity contribution in [3.63, 3.8) is 0 Å². The van der Waals surface area contributed by atoms with Crippen LogP contribution >= 0.6 is 11.8 Å². The highest BCUT2D eigenvalue weighted by Gasteiger charge is 2.23. The molecule has 1 unspecified atom stereocenters.